The van der Waals surface area contributed by atoms with Gasteiger partial charge < -0.3 is 4.90 Å². The minimum Gasteiger partial charge on any atom is -0.364 e. The molecule has 1 fully saturated rings. The van der Waals surface area contributed by atoms with Crippen LogP contribution in [0.4, 0.5) is 5.69 Å². The molecule has 0 spiro atoms. The summed E-state index contributed by atoms with van der Waals surface area (Å²) in [7, 11) is 0. The molecule has 3 heterocycles. The van der Waals surface area contributed by atoms with Gasteiger partial charge in [-0.15, -0.1) is 11.3 Å². The van der Waals surface area contributed by atoms with E-state index in [-0.39, 0.29) is 0 Å². The molecule has 86 valence electrons. The van der Waals surface area contributed by atoms with Crippen molar-refractivity contribution in [3.8, 4) is 0 Å². The molecule has 1 unspecified atom stereocenters. The van der Waals surface area contributed by atoms with Crippen molar-refractivity contribution in [3.05, 3.63) is 51.7 Å². The molecule has 0 saturated carbocycles. The van der Waals surface area contributed by atoms with E-state index in [9.17, 15) is 0 Å². The summed E-state index contributed by atoms with van der Waals surface area (Å²) in [5.74, 6) is 0. The highest BCUT2D eigenvalue weighted by Gasteiger charge is 2.32. The number of hydrogen-bond acceptors (Lipinski definition) is 2. The molecule has 1 nitrogen and oxygen atoms in total. The lowest BCUT2D eigenvalue weighted by atomic mass is 10.0. The van der Waals surface area contributed by atoms with Gasteiger partial charge in [-0.05, 0) is 41.5 Å². The molecule has 0 radical (unpaired) electrons. The van der Waals surface area contributed by atoms with E-state index in [2.05, 4.69) is 40.6 Å². The van der Waals surface area contributed by atoms with Gasteiger partial charge in [0.25, 0.3) is 0 Å². The summed E-state index contributed by atoms with van der Waals surface area (Å²) >= 11 is 1.92. The van der Waals surface area contributed by atoms with Crippen molar-refractivity contribution >= 4 is 17.0 Å². The lowest BCUT2D eigenvalue weighted by Crippen LogP contribution is -2.22. The SMILES string of the molecule is c1ccc2c(c1)Cc1sccc1C1CCCN21. The monoisotopic (exact) mass is 241 g/mol. The first-order chi connectivity index (χ1) is 8.43. The normalized spacial score (nSPS) is 21.6. The maximum absolute atomic E-state index is 2.62. The number of para-hydroxylation sites is 1. The smallest absolute Gasteiger partial charge is 0.0554 e. The summed E-state index contributed by atoms with van der Waals surface area (Å²) in [4.78, 5) is 4.19. The zero-order valence-corrected chi connectivity index (χ0v) is 10.5. The van der Waals surface area contributed by atoms with Crippen molar-refractivity contribution in [3.63, 3.8) is 0 Å². The molecule has 1 saturated heterocycles. The van der Waals surface area contributed by atoms with Gasteiger partial charge in [0.15, 0.2) is 0 Å². The van der Waals surface area contributed by atoms with Crippen LogP contribution in [0.1, 0.15) is 34.9 Å². The zero-order chi connectivity index (χ0) is 11.2. The number of anilines is 1. The van der Waals surface area contributed by atoms with Crippen LogP contribution in [-0.4, -0.2) is 6.54 Å². The predicted octanol–water partition coefficient (Wildman–Crippen LogP) is 3.99. The molecule has 2 aliphatic rings. The standard InChI is InChI=1S/C15H15NS/c1-2-5-13-11(4-1)10-15-12(7-9-17-15)14-6-3-8-16(13)14/h1-2,4-5,7,9,14H,3,6,8,10H2. The third-order valence-corrected chi connectivity index (χ3v) is 4.98. The highest BCUT2D eigenvalue weighted by molar-refractivity contribution is 7.10. The lowest BCUT2D eigenvalue weighted by Gasteiger charge is -2.26. The van der Waals surface area contributed by atoms with Crippen molar-refractivity contribution in [2.75, 3.05) is 11.4 Å². The van der Waals surface area contributed by atoms with E-state index in [1.807, 2.05) is 11.3 Å². The van der Waals surface area contributed by atoms with E-state index in [1.165, 1.54) is 30.6 Å². The molecule has 0 amide bonds. The van der Waals surface area contributed by atoms with Gasteiger partial charge in [-0.3, -0.25) is 0 Å². The minimum atomic E-state index is 0.639. The number of hydrogen-bond donors (Lipinski definition) is 0. The second kappa shape index (κ2) is 3.61. The molecule has 2 heteroatoms. The first-order valence-electron chi connectivity index (χ1n) is 6.34. The Morgan fingerprint density at radius 2 is 2.12 bits per heavy atom. The second-order valence-corrected chi connectivity index (χ2v) is 5.96. The van der Waals surface area contributed by atoms with Gasteiger partial charge in [-0.25, -0.2) is 0 Å². The van der Waals surface area contributed by atoms with E-state index < -0.39 is 0 Å². The lowest BCUT2D eigenvalue weighted by molar-refractivity contribution is 0.723. The van der Waals surface area contributed by atoms with Crippen LogP contribution in [0.3, 0.4) is 0 Å². The number of rotatable bonds is 0. The van der Waals surface area contributed by atoms with Crippen LogP contribution < -0.4 is 4.90 Å². The van der Waals surface area contributed by atoms with Gasteiger partial charge in [-0.2, -0.15) is 0 Å². The Labute approximate surface area is 106 Å². The summed E-state index contributed by atoms with van der Waals surface area (Å²) in [6.07, 6.45) is 3.77. The van der Waals surface area contributed by atoms with Crippen LogP contribution in [0.25, 0.3) is 0 Å². The van der Waals surface area contributed by atoms with Gasteiger partial charge in [0.05, 0.1) is 6.04 Å². The summed E-state index contributed by atoms with van der Waals surface area (Å²) in [6.45, 7) is 1.22. The van der Waals surface area contributed by atoms with Gasteiger partial charge >= 0.3 is 0 Å². The topological polar surface area (TPSA) is 3.24 Å². The fourth-order valence-electron chi connectivity index (χ4n) is 3.28. The minimum absolute atomic E-state index is 0.639. The molecule has 1 aromatic carbocycles. The average Bonchev–Trinajstić information content (AvgIpc) is 2.96. The van der Waals surface area contributed by atoms with Crippen molar-refractivity contribution in [1.82, 2.24) is 0 Å². The van der Waals surface area contributed by atoms with E-state index in [0.29, 0.717) is 6.04 Å². The first kappa shape index (κ1) is 9.72. The van der Waals surface area contributed by atoms with Crippen molar-refractivity contribution in [2.24, 2.45) is 0 Å². The molecule has 0 aliphatic carbocycles. The Hall–Kier alpha value is -1.28. The van der Waals surface area contributed by atoms with Gasteiger partial charge in [0, 0.05) is 23.5 Å². The Bertz CT molecular complexity index is 558. The number of thiophene rings is 1. The maximum atomic E-state index is 2.62. The van der Waals surface area contributed by atoms with Crippen molar-refractivity contribution < 1.29 is 0 Å². The number of benzene rings is 1. The maximum Gasteiger partial charge on any atom is 0.0554 e. The van der Waals surface area contributed by atoms with Gasteiger partial charge in [-0.1, -0.05) is 18.2 Å². The fraction of sp³-hybridized carbons (Fsp3) is 0.333. The first-order valence-corrected chi connectivity index (χ1v) is 7.22. The Kier molecular flexibility index (Phi) is 2.06. The van der Waals surface area contributed by atoms with Crippen LogP contribution in [0.5, 0.6) is 0 Å². The molecule has 2 aromatic rings. The predicted molar refractivity (Wildman–Crippen MR) is 72.9 cm³/mol. The van der Waals surface area contributed by atoms with Crippen molar-refractivity contribution in [1.29, 1.82) is 0 Å². The molecule has 1 aromatic heterocycles. The molecular formula is C15H15NS. The van der Waals surface area contributed by atoms with Crippen LogP contribution in [-0.2, 0) is 6.42 Å². The number of fused-ring (bicyclic) bond motifs is 5. The highest BCUT2D eigenvalue weighted by Crippen LogP contribution is 2.44. The molecular weight excluding hydrogens is 226 g/mol. The Morgan fingerprint density at radius 1 is 1.18 bits per heavy atom. The summed E-state index contributed by atoms with van der Waals surface area (Å²) in [5.41, 5.74) is 4.56. The van der Waals surface area contributed by atoms with Crippen LogP contribution in [0.15, 0.2) is 35.7 Å². The fourth-order valence-corrected chi connectivity index (χ4v) is 4.24. The quantitative estimate of drug-likeness (QED) is 0.674. The third kappa shape index (κ3) is 1.37. The largest absolute Gasteiger partial charge is 0.364 e. The molecule has 1 atom stereocenters. The summed E-state index contributed by atoms with van der Waals surface area (Å²) in [5, 5.41) is 2.26. The molecule has 4 rings (SSSR count). The second-order valence-electron chi connectivity index (χ2n) is 4.96. The summed E-state index contributed by atoms with van der Waals surface area (Å²) in [6, 6.07) is 11.9. The van der Waals surface area contributed by atoms with Gasteiger partial charge in [0.1, 0.15) is 0 Å². The zero-order valence-electron chi connectivity index (χ0n) is 9.73. The molecule has 2 aliphatic heterocycles. The van der Waals surface area contributed by atoms with Crippen molar-refractivity contribution in [2.45, 2.75) is 25.3 Å². The Balaban J connectivity index is 1.95. The van der Waals surface area contributed by atoms with Crippen LogP contribution in [0, 0.1) is 0 Å². The molecule has 17 heavy (non-hydrogen) atoms. The van der Waals surface area contributed by atoms with E-state index >= 15 is 0 Å². The van der Waals surface area contributed by atoms with Crippen LogP contribution >= 0.6 is 11.3 Å². The third-order valence-electron chi connectivity index (χ3n) is 4.04. The highest BCUT2D eigenvalue weighted by atomic mass is 32.1. The van der Waals surface area contributed by atoms with Gasteiger partial charge in [0.2, 0.25) is 0 Å². The summed E-state index contributed by atoms with van der Waals surface area (Å²) < 4.78 is 0. The average molecular weight is 241 g/mol. The number of nitrogens with zero attached hydrogens (tertiary/aromatic N) is 1. The molecule has 0 N–H and O–H groups in total. The Morgan fingerprint density at radius 3 is 3.12 bits per heavy atom. The van der Waals surface area contributed by atoms with E-state index in [0.717, 1.165) is 6.42 Å². The van der Waals surface area contributed by atoms with E-state index in [4.69, 9.17) is 0 Å². The van der Waals surface area contributed by atoms with Crippen LogP contribution in [0.2, 0.25) is 0 Å². The van der Waals surface area contributed by atoms with E-state index in [1.54, 1.807) is 10.4 Å². The molecule has 0 bridgehead atoms.